The van der Waals surface area contributed by atoms with E-state index in [1.54, 1.807) is 7.05 Å². The van der Waals surface area contributed by atoms with Gasteiger partial charge in [-0.05, 0) is 32.8 Å². The topological polar surface area (TPSA) is 63.5 Å². The summed E-state index contributed by atoms with van der Waals surface area (Å²) in [6, 6.07) is 8.07. The molecule has 2 aromatic rings. The van der Waals surface area contributed by atoms with Gasteiger partial charge in [0.25, 0.3) is 0 Å². The van der Waals surface area contributed by atoms with Gasteiger partial charge in [0.15, 0.2) is 5.96 Å². The minimum absolute atomic E-state index is 0. The molecule has 0 bridgehead atoms. The van der Waals surface area contributed by atoms with E-state index in [1.165, 1.54) is 0 Å². The number of unbranched alkanes of at least 4 members (excludes halogenated alkanes) is 1. The van der Waals surface area contributed by atoms with E-state index >= 15 is 0 Å². The molecule has 0 aliphatic carbocycles. The lowest BCUT2D eigenvalue weighted by Gasteiger charge is -2.14. The van der Waals surface area contributed by atoms with Gasteiger partial charge in [0.1, 0.15) is 11.6 Å². The fourth-order valence-corrected chi connectivity index (χ4v) is 2.60. The molecule has 0 spiro atoms. The molecule has 26 heavy (non-hydrogen) atoms. The van der Waals surface area contributed by atoms with Gasteiger partial charge in [-0.3, -0.25) is 4.99 Å². The Balaban J connectivity index is 0.00000338. The largest absolute Gasteiger partial charge is 0.494 e. The quantitative estimate of drug-likeness (QED) is 0.255. The molecular weight excluding hydrogens is 441 g/mol. The Labute approximate surface area is 173 Å². The first-order valence-corrected chi connectivity index (χ1v) is 8.87. The highest BCUT2D eigenvalue weighted by atomic mass is 127. The Morgan fingerprint density at radius 2 is 2.04 bits per heavy atom. The van der Waals surface area contributed by atoms with Crippen LogP contribution in [0, 0.1) is 6.92 Å². The van der Waals surface area contributed by atoms with E-state index in [9.17, 15) is 0 Å². The van der Waals surface area contributed by atoms with E-state index < -0.39 is 0 Å². The number of nitrogens with one attached hydrogen (secondary N) is 2. The molecule has 0 saturated carbocycles. The van der Waals surface area contributed by atoms with E-state index in [-0.39, 0.29) is 24.0 Å². The van der Waals surface area contributed by atoms with E-state index in [4.69, 9.17) is 4.74 Å². The summed E-state index contributed by atoms with van der Waals surface area (Å²) >= 11 is 0. The van der Waals surface area contributed by atoms with Crippen LogP contribution in [-0.4, -0.2) is 35.7 Å². The standard InChI is InChI=1S/C19H29N5O.HI/c1-4-25-18-10-6-5-9-17(18)15-23-19(20-3)22-11-7-8-13-24-14-12-21-16(24)2;/h5-6,9-10,12,14H,4,7-8,11,13,15H2,1-3H3,(H2,20,22,23);1H. The summed E-state index contributed by atoms with van der Waals surface area (Å²) in [6.07, 6.45) is 6.06. The van der Waals surface area contributed by atoms with Gasteiger partial charge >= 0.3 is 0 Å². The Morgan fingerprint density at radius 3 is 2.73 bits per heavy atom. The third-order valence-corrected chi connectivity index (χ3v) is 3.98. The van der Waals surface area contributed by atoms with Crippen LogP contribution in [0.3, 0.4) is 0 Å². The highest BCUT2D eigenvalue weighted by Crippen LogP contribution is 2.17. The fraction of sp³-hybridized carbons (Fsp3) is 0.474. The van der Waals surface area contributed by atoms with Crippen molar-refractivity contribution >= 4 is 29.9 Å². The molecule has 1 aromatic carbocycles. The van der Waals surface area contributed by atoms with Gasteiger partial charge in [-0.1, -0.05) is 18.2 Å². The van der Waals surface area contributed by atoms with Crippen LogP contribution in [0.25, 0.3) is 0 Å². The van der Waals surface area contributed by atoms with Gasteiger partial charge in [-0.25, -0.2) is 4.98 Å². The molecule has 0 aliphatic rings. The Morgan fingerprint density at radius 1 is 1.23 bits per heavy atom. The van der Waals surface area contributed by atoms with Gasteiger partial charge in [0.05, 0.1) is 6.61 Å². The van der Waals surface area contributed by atoms with Gasteiger partial charge in [-0.2, -0.15) is 0 Å². The fourth-order valence-electron chi connectivity index (χ4n) is 2.60. The average molecular weight is 471 g/mol. The Hall–Kier alpha value is -1.77. The van der Waals surface area contributed by atoms with Crippen molar-refractivity contribution in [3.05, 3.63) is 48.0 Å². The first kappa shape index (κ1) is 22.3. The average Bonchev–Trinajstić information content (AvgIpc) is 3.04. The van der Waals surface area contributed by atoms with Crippen LogP contribution < -0.4 is 15.4 Å². The van der Waals surface area contributed by atoms with Crippen molar-refractivity contribution < 1.29 is 4.74 Å². The molecule has 0 atom stereocenters. The van der Waals surface area contributed by atoms with Gasteiger partial charge < -0.3 is 19.9 Å². The number of nitrogens with zero attached hydrogens (tertiary/aromatic N) is 3. The molecule has 144 valence electrons. The summed E-state index contributed by atoms with van der Waals surface area (Å²) in [4.78, 5) is 8.52. The number of aliphatic imine (C=N–C) groups is 1. The summed E-state index contributed by atoms with van der Waals surface area (Å²) < 4.78 is 7.83. The molecule has 2 N–H and O–H groups in total. The molecule has 0 unspecified atom stereocenters. The van der Waals surface area contributed by atoms with Crippen molar-refractivity contribution in [2.45, 2.75) is 39.8 Å². The molecule has 0 amide bonds. The van der Waals surface area contributed by atoms with Gasteiger partial charge in [0, 0.05) is 44.6 Å². The lowest BCUT2D eigenvalue weighted by molar-refractivity contribution is 0.336. The maximum absolute atomic E-state index is 5.65. The molecule has 0 saturated heterocycles. The normalized spacial score (nSPS) is 11.0. The molecular formula is C19H30IN5O. The summed E-state index contributed by atoms with van der Waals surface area (Å²) in [5.74, 6) is 2.80. The smallest absolute Gasteiger partial charge is 0.191 e. The van der Waals surface area contributed by atoms with E-state index in [0.717, 1.165) is 49.0 Å². The van der Waals surface area contributed by atoms with Crippen LogP contribution >= 0.6 is 24.0 Å². The molecule has 2 rings (SSSR count). The van der Waals surface area contributed by atoms with E-state index in [1.807, 2.05) is 44.4 Å². The van der Waals surface area contributed by atoms with Crippen molar-refractivity contribution in [2.24, 2.45) is 4.99 Å². The van der Waals surface area contributed by atoms with Crippen LogP contribution in [0.15, 0.2) is 41.7 Å². The second-order valence-electron chi connectivity index (χ2n) is 5.77. The predicted octanol–water partition coefficient (Wildman–Crippen LogP) is 3.35. The van der Waals surface area contributed by atoms with Gasteiger partial charge in [0.2, 0.25) is 0 Å². The number of para-hydroxylation sites is 1. The molecule has 0 aliphatic heterocycles. The predicted molar refractivity (Wildman–Crippen MR) is 117 cm³/mol. The minimum atomic E-state index is 0. The monoisotopic (exact) mass is 471 g/mol. The van der Waals surface area contributed by atoms with Crippen LogP contribution in [0.4, 0.5) is 0 Å². The lowest BCUT2D eigenvalue weighted by Crippen LogP contribution is -2.37. The maximum atomic E-state index is 5.65. The maximum Gasteiger partial charge on any atom is 0.191 e. The highest BCUT2D eigenvalue weighted by molar-refractivity contribution is 14.0. The first-order valence-electron chi connectivity index (χ1n) is 8.87. The van der Waals surface area contributed by atoms with Crippen LogP contribution in [-0.2, 0) is 13.1 Å². The Kier molecular flexibility index (Phi) is 10.8. The number of ether oxygens (including phenoxy) is 1. The van der Waals surface area contributed by atoms with Gasteiger partial charge in [-0.15, -0.1) is 24.0 Å². The number of aromatic nitrogens is 2. The third kappa shape index (κ3) is 7.23. The summed E-state index contributed by atoms with van der Waals surface area (Å²) in [6.45, 7) is 7.27. The molecule has 1 heterocycles. The number of guanidine groups is 1. The second-order valence-corrected chi connectivity index (χ2v) is 5.77. The number of halogens is 1. The van der Waals surface area contributed by atoms with Crippen LogP contribution in [0.5, 0.6) is 5.75 Å². The molecule has 1 aromatic heterocycles. The number of benzene rings is 1. The van der Waals surface area contributed by atoms with E-state index in [0.29, 0.717) is 13.2 Å². The van der Waals surface area contributed by atoms with Crippen molar-refractivity contribution in [3.63, 3.8) is 0 Å². The molecule has 7 heteroatoms. The third-order valence-electron chi connectivity index (χ3n) is 3.98. The first-order chi connectivity index (χ1) is 12.2. The summed E-state index contributed by atoms with van der Waals surface area (Å²) in [5, 5.41) is 6.70. The SMILES string of the molecule is CCOc1ccccc1CNC(=NC)NCCCCn1ccnc1C.I. The lowest BCUT2D eigenvalue weighted by atomic mass is 10.2. The molecule has 0 radical (unpaired) electrons. The van der Waals surface area contributed by atoms with Crippen LogP contribution in [0.1, 0.15) is 31.2 Å². The number of rotatable bonds is 9. The zero-order valence-corrected chi connectivity index (χ0v) is 18.2. The van der Waals surface area contributed by atoms with Crippen molar-refractivity contribution in [1.29, 1.82) is 0 Å². The number of imidazole rings is 1. The van der Waals surface area contributed by atoms with E-state index in [2.05, 4.69) is 31.2 Å². The van der Waals surface area contributed by atoms with Crippen molar-refractivity contribution in [1.82, 2.24) is 20.2 Å². The summed E-state index contributed by atoms with van der Waals surface area (Å²) in [7, 11) is 1.79. The number of hydrogen-bond acceptors (Lipinski definition) is 3. The van der Waals surface area contributed by atoms with Crippen molar-refractivity contribution in [2.75, 3.05) is 20.2 Å². The second kappa shape index (κ2) is 12.6. The van der Waals surface area contributed by atoms with Crippen molar-refractivity contribution in [3.8, 4) is 5.75 Å². The minimum Gasteiger partial charge on any atom is -0.494 e. The summed E-state index contributed by atoms with van der Waals surface area (Å²) in [5.41, 5.74) is 1.13. The number of hydrogen-bond donors (Lipinski definition) is 2. The highest BCUT2D eigenvalue weighted by Gasteiger charge is 2.04. The Bertz CT molecular complexity index is 671. The zero-order valence-electron chi connectivity index (χ0n) is 15.9. The molecule has 6 nitrogen and oxygen atoms in total. The van der Waals surface area contributed by atoms with Crippen LogP contribution in [0.2, 0.25) is 0 Å². The molecule has 0 fully saturated rings. The number of aryl methyl sites for hydroxylation is 2. The zero-order chi connectivity index (χ0) is 17.9.